The van der Waals surface area contributed by atoms with Crippen LogP contribution in [0.25, 0.3) is 0 Å². The van der Waals surface area contributed by atoms with Crippen molar-refractivity contribution in [1.29, 1.82) is 0 Å². The van der Waals surface area contributed by atoms with Gasteiger partial charge in [0.25, 0.3) is 0 Å². The quantitative estimate of drug-likeness (QED) is 0.677. The molecule has 0 saturated heterocycles. The summed E-state index contributed by atoms with van der Waals surface area (Å²) in [6, 6.07) is 5.90. The summed E-state index contributed by atoms with van der Waals surface area (Å²) in [6.07, 6.45) is 0.846. The van der Waals surface area contributed by atoms with E-state index in [4.69, 9.17) is 10.5 Å². The molecule has 0 aliphatic rings. The van der Waals surface area contributed by atoms with Crippen LogP contribution in [0.4, 0.5) is 5.69 Å². The fraction of sp³-hybridized carbons (Fsp3) is 0.300. The number of sulfonamides is 1. The molecule has 1 aromatic rings. The van der Waals surface area contributed by atoms with Crippen molar-refractivity contribution in [2.75, 3.05) is 22.7 Å². The maximum absolute atomic E-state index is 11.6. The van der Waals surface area contributed by atoms with Crippen LogP contribution in [0, 0.1) is 0 Å². The lowest BCUT2D eigenvalue weighted by Crippen LogP contribution is -2.22. The molecular weight excluding hydrogens is 324 g/mol. The number of thiocarbonyl (C=S) groups is 1. The molecule has 7 nitrogen and oxygen atoms in total. The van der Waals surface area contributed by atoms with Crippen molar-refractivity contribution in [3.05, 3.63) is 24.3 Å². The zero-order valence-electron chi connectivity index (χ0n) is 10.6. The summed E-state index contributed by atoms with van der Waals surface area (Å²) in [5.41, 5.74) is 5.50. The largest absolute Gasteiger partial charge is 0.487 e. The van der Waals surface area contributed by atoms with E-state index in [1.54, 1.807) is 0 Å². The Labute approximate surface area is 123 Å². The minimum atomic E-state index is -3.95. The van der Waals surface area contributed by atoms with Gasteiger partial charge in [-0.05, 0) is 24.3 Å². The second-order valence-electron chi connectivity index (χ2n) is 4.04. The summed E-state index contributed by atoms with van der Waals surface area (Å²) in [7, 11) is -7.58. The Morgan fingerprint density at radius 3 is 2.25 bits per heavy atom. The summed E-state index contributed by atoms with van der Waals surface area (Å²) < 4.78 is 52.4. The molecule has 0 aliphatic carbocycles. The number of ether oxygens (including phenoxy) is 1. The molecule has 0 aliphatic heterocycles. The molecule has 0 amide bonds. The van der Waals surface area contributed by atoms with E-state index in [9.17, 15) is 16.8 Å². The molecule has 0 aromatic heterocycles. The Kier molecular flexibility index (Phi) is 5.31. The number of hydrogen-bond donors (Lipinski definition) is 2. The molecule has 0 heterocycles. The molecule has 0 radical (unpaired) electrons. The van der Waals surface area contributed by atoms with E-state index in [0.717, 1.165) is 6.26 Å². The van der Waals surface area contributed by atoms with Crippen molar-refractivity contribution < 1.29 is 21.6 Å². The van der Waals surface area contributed by atoms with Gasteiger partial charge in [0.1, 0.15) is 17.3 Å². The maximum Gasteiger partial charge on any atom is 0.247 e. The number of rotatable bonds is 7. The Morgan fingerprint density at radius 1 is 1.25 bits per heavy atom. The van der Waals surface area contributed by atoms with Crippen LogP contribution in [0.1, 0.15) is 0 Å². The third kappa shape index (κ3) is 6.68. The smallest absolute Gasteiger partial charge is 0.247 e. The molecule has 0 spiro atoms. The van der Waals surface area contributed by atoms with Crippen LogP contribution in [0.15, 0.2) is 24.3 Å². The first kappa shape index (κ1) is 16.7. The van der Waals surface area contributed by atoms with Crippen LogP contribution in [-0.2, 0) is 19.9 Å². The molecule has 1 aromatic carbocycles. The average molecular weight is 338 g/mol. The predicted molar refractivity (Wildman–Crippen MR) is 81.0 cm³/mol. The van der Waals surface area contributed by atoms with Gasteiger partial charge in [-0.3, -0.25) is 4.72 Å². The van der Waals surface area contributed by atoms with Crippen LogP contribution >= 0.6 is 12.2 Å². The first-order valence-electron chi connectivity index (χ1n) is 5.27. The van der Waals surface area contributed by atoms with E-state index >= 15 is 0 Å². The first-order chi connectivity index (χ1) is 9.07. The molecular formula is C10H14N2O5S3. The van der Waals surface area contributed by atoms with Gasteiger partial charge in [-0.15, -0.1) is 0 Å². The lowest BCUT2D eigenvalue weighted by Gasteiger charge is -2.08. The Bertz CT molecular complexity index is 680. The van der Waals surface area contributed by atoms with Gasteiger partial charge < -0.3 is 10.5 Å². The monoisotopic (exact) mass is 338 g/mol. The number of nitrogens with two attached hydrogens (primary N) is 1. The second-order valence-corrected chi connectivity index (χ2v) is 8.79. The van der Waals surface area contributed by atoms with Crippen LogP contribution in [0.2, 0.25) is 0 Å². The Hall–Kier alpha value is -1.39. The molecule has 112 valence electrons. The highest BCUT2D eigenvalue weighted by molar-refractivity contribution is 8.08. The minimum Gasteiger partial charge on any atom is -0.487 e. The van der Waals surface area contributed by atoms with E-state index in [2.05, 4.69) is 16.9 Å². The summed E-state index contributed by atoms with van der Waals surface area (Å²) in [5, 5.41) is -0.973. The van der Waals surface area contributed by atoms with Crippen molar-refractivity contribution >= 4 is 42.8 Å². The van der Waals surface area contributed by atoms with E-state index in [1.807, 2.05) is 0 Å². The summed E-state index contributed by atoms with van der Waals surface area (Å²) in [6.45, 7) is 0.0779. The summed E-state index contributed by atoms with van der Waals surface area (Å²) in [4.78, 5) is 0.197. The highest BCUT2D eigenvalue weighted by Crippen LogP contribution is 2.17. The zero-order valence-corrected chi connectivity index (χ0v) is 13.0. The molecule has 10 heteroatoms. The highest BCUT2D eigenvalue weighted by atomic mass is 32.3. The second kappa shape index (κ2) is 6.37. The van der Waals surface area contributed by atoms with Crippen LogP contribution in [0.3, 0.4) is 0 Å². The maximum atomic E-state index is 11.6. The summed E-state index contributed by atoms with van der Waals surface area (Å²) in [5.74, 6) is 0.462. The molecule has 20 heavy (non-hydrogen) atoms. The lowest BCUT2D eigenvalue weighted by atomic mass is 10.3. The molecule has 1 rings (SSSR count). The molecule has 0 atom stereocenters. The first-order valence-corrected chi connectivity index (χ1v) is 9.39. The van der Waals surface area contributed by atoms with Gasteiger partial charge in [-0.2, -0.15) is 0 Å². The van der Waals surface area contributed by atoms with Crippen molar-refractivity contribution in [3.8, 4) is 5.75 Å². The molecule has 3 N–H and O–H groups in total. The summed E-state index contributed by atoms with van der Waals surface area (Å²) >= 11 is 4.65. The molecule has 0 bridgehead atoms. The van der Waals surface area contributed by atoms with E-state index in [0.29, 0.717) is 5.75 Å². The van der Waals surface area contributed by atoms with E-state index in [-0.39, 0.29) is 17.3 Å². The molecule has 0 unspecified atom stereocenters. The Morgan fingerprint density at radius 2 is 1.80 bits per heavy atom. The van der Waals surface area contributed by atoms with E-state index < -0.39 is 24.9 Å². The number of sulfone groups is 1. The van der Waals surface area contributed by atoms with Crippen molar-refractivity contribution in [2.24, 2.45) is 5.73 Å². The van der Waals surface area contributed by atoms with Crippen LogP contribution in [0.5, 0.6) is 5.75 Å². The minimum absolute atomic E-state index is 0.0779. The van der Waals surface area contributed by atoms with Gasteiger partial charge in [-0.25, -0.2) is 16.8 Å². The van der Waals surface area contributed by atoms with Crippen molar-refractivity contribution in [1.82, 2.24) is 0 Å². The lowest BCUT2D eigenvalue weighted by molar-refractivity contribution is 0.377. The topological polar surface area (TPSA) is 116 Å². The Balaban J connectivity index is 2.72. The number of benzene rings is 1. The predicted octanol–water partition coefficient (Wildman–Crippen LogP) is 0.0953. The third-order valence-corrected chi connectivity index (χ3v) is 5.50. The van der Waals surface area contributed by atoms with Gasteiger partial charge in [0.15, 0.2) is 14.9 Å². The molecule has 0 saturated carbocycles. The van der Waals surface area contributed by atoms with Crippen LogP contribution in [-0.4, -0.2) is 39.8 Å². The molecule has 0 fully saturated rings. The fourth-order valence-electron chi connectivity index (χ4n) is 1.26. The van der Waals surface area contributed by atoms with Crippen molar-refractivity contribution in [2.45, 2.75) is 0 Å². The number of anilines is 1. The van der Waals surface area contributed by atoms with Gasteiger partial charge in [0, 0.05) is 11.9 Å². The van der Waals surface area contributed by atoms with E-state index in [1.165, 1.54) is 24.3 Å². The van der Waals surface area contributed by atoms with Gasteiger partial charge in [-0.1, -0.05) is 12.2 Å². The van der Waals surface area contributed by atoms with Gasteiger partial charge in [0.05, 0.1) is 0 Å². The third-order valence-electron chi connectivity index (χ3n) is 1.88. The number of nitrogens with one attached hydrogen (secondary N) is 1. The fourth-order valence-corrected chi connectivity index (χ4v) is 4.31. The number of hydrogen-bond acceptors (Lipinski definition) is 6. The standard InChI is InChI=1S/C10H14N2O5S3/c1-19(13,14)7-20(15,16)12-8-2-4-9(5-3-8)17-6-10(11)18/h2-5,12H,6-7H2,1H3,(H2,11,18). The highest BCUT2D eigenvalue weighted by Gasteiger charge is 2.17. The average Bonchev–Trinajstić information content (AvgIpc) is 2.24. The SMILES string of the molecule is CS(=O)(=O)CS(=O)(=O)Nc1ccc(OCC(N)=S)cc1. The van der Waals surface area contributed by atoms with Gasteiger partial charge >= 0.3 is 0 Å². The normalized spacial score (nSPS) is 11.8. The zero-order chi connectivity index (χ0) is 15.4. The van der Waals surface area contributed by atoms with Crippen molar-refractivity contribution in [3.63, 3.8) is 0 Å². The van der Waals surface area contributed by atoms with Crippen LogP contribution < -0.4 is 15.2 Å². The van der Waals surface area contributed by atoms with Gasteiger partial charge in [0.2, 0.25) is 10.0 Å².